The van der Waals surface area contributed by atoms with Crippen LogP contribution in [0.15, 0.2) is 87.9 Å². The molecule has 0 saturated carbocycles. The van der Waals surface area contributed by atoms with Crippen LogP contribution in [-0.4, -0.2) is 26.9 Å². The van der Waals surface area contributed by atoms with Crippen molar-refractivity contribution in [1.29, 1.82) is 0 Å². The van der Waals surface area contributed by atoms with Crippen molar-refractivity contribution in [2.45, 2.75) is 23.9 Å². The van der Waals surface area contributed by atoms with E-state index in [9.17, 15) is 0 Å². The normalized spacial score (nSPS) is 11.1. The van der Waals surface area contributed by atoms with Gasteiger partial charge in [0.25, 0.3) is 0 Å². The molecule has 0 bridgehead atoms. The Balaban J connectivity index is 1.37. The number of furan rings is 1. The van der Waals surface area contributed by atoms with Crippen molar-refractivity contribution in [3.63, 3.8) is 0 Å². The van der Waals surface area contributed by atoms with Gasteiger partial charge in [0.05, 0.1) is 36.2 Å². The smallest absolute Gasteiger partial charge is 0.192 e. The fraction of sp³-hybridized carbons (Fsp3) is 0.160. The van der Waals surface area contributed by atoms with Crippen LogP contribution in [0.25, 0.3) is 11.4 Å². The van der Waals surface area contributed by atoms with Crippen molar-refractivity contribution in [2.75, 3.05) is 7.11 Å². The van der Waals surface area contributed by atoms with Crippen LogP contribution in [0.5, 0.6) is 5.75 Å². The van der Waals surface area contributed by atoms with Crippen molar-refractivity contribution in [3.05, 3.63) is 100 Å². The first-order valence-electron chi connectivity index (χ1n) is 10.5. The highest BCUT2D eigenvalue weighted by atomic mass is 32.2. The van der Waals surface area contributed by atoms with Gasteiger partial charge in [0.2, 0.25) is 0 Å². The van der Waals surface area contributed by atoms with E-state index in [-0.39, 0.29) is 0 Å². The first kappa shape index (κ1) is 21.5. The second kappa shape index (κ2) is 10.1. The molecule has 0 atom stereocenters. The summed E-state index contributed by atoms with van der Waals surface area (Å²) >= 11 is 3.32. The topological polar surface area (TPSA) is 66.0 Å². The molecule has 0 saturated heterocycles. The van der Waals surface area contributed by atoms with Gasteiger partial charge >= 0.3 is 0 Å². The predicted octanol–water partition coefficient (Wildman–Crippen LogP) is 5.93. The second-order valence-electron chi connectivity index (χ2n) is 7.36. The molecular weight excluding hydrogens is 452 g/mol. The van der Waals surface area contributed by atoms with E-state index in [1.807, 2.05) is 42.5 Å². The molecule has 3 aromatic heterocycles. The molecule has 33 heavy (non-hydrogen) atoms. The summed E-state index contributed by atoms with van der Waals surface area (Å²) < 4.78 is 13.2. The summed E-state index contributed by atoms with van der Waals surface area (Å²) in [5, 5.41) is 13.0. The van der Waals surface area contributed by atoms with Gasteiger partial charge in [-0.1, -0.05) is 54.2 Å². The van der Waals surface area contributed by atoms with Crippen molar-refractivity contribution in [3.8, 4) is 17.1 Å². The molecule has 0 aliphatic carbocycles. The first-order chi connectivity index (χ1) is 16.3. The third kappa shape index (κ3) is 5.02. The highest BCUT2D eigenvalue weighted by Crippen LogP contribution is 2.32. The molecule has 0 N–H and O–H groups in total. The van der Waals surface area contributed by atoms with Crippen molar-refractivity contribution < 1.29 is 9.15 Å². The predicted molar refractivity (Wildman–Crippen MR) is 131 cm³/mol. The maximum atomic E-state index is 5.60. The fourth-order valence-corrected chi connectivity index (χ4v) is 5.29. The summed E-state index contributed by atoms with van der Waals surface area (Å²) in [4.78, 5) is 4.82. The maximum Gasteiger partial charge on any atom is 0.192 e. The number of rotatable bonds is 9. The number of nitrogens with zero attached hydrogens (tertiary/aromatic N) is 4. The highest BCUT2D eigenvalue weighted by Gasteiger charge is 2.19. The number of ether oxygens (including phenoxy) is 1. The lowest BCUT2D eigenvalue weighted by Crippen LogP contribution is -2.04. The summed E-state index contributed by atoms with van der Waals surface area (Å²) in [7, 11) is 1.66. The van der Waals surface area contributed by atoms with Crippen LogP contribution in [-0.2, 0) is 18.7 Å². The van der Waals surface area contributed by atoms with Crippen LogP contribution in [0.2, 0.25) is 0 Å². The van der Waals surface area contributed by atoms with Gasteiger partial charge in [-0.3, -0.25) is 4.57 Å². The monoisotopic (exact) mass is 474 g/mol. The number of benzene rings is 2. The van der Waals surface area contributed by atoms with Crippen molar-refractivity contribution in [2.24, 2.45) is 0 Å². The number of para-hydroxylation sites is 1. The van der Waals surface area contributed by atoms with E-state index >= 15 is 0 Å². The highest BCUT2D eigenvalue weighted by molar-refractivity contribution is 7.98. The number of aromatic nitrogens is 4. The summed E-state index contributed by atoms with van der Waals surface area (Å²) in [6, 6.07) is 22.1. The number of methoxy groups -OCH3 is 1. The average molecular weight is 475 g/mol. The zero-order valence-electron chi connectivity index (χ0n) is 18.0. The molecule has 2 aromatic carbocycles. The van der Waals surface area contributed by atoms with Crippen LogP contribution < -0.4 is 4.74 Å². The standard InChI is InChI=1S/C25H22N4O2S2/c1-30-22-12-6-5-11-21(22)24-27-28-25(29(24)15-20-10-7-13-31-20)33-17-19-16-32-23(26-19)14-18-8-3-2-4-9-18/h2-13,16H,14-15,17H2,1H3. The van der Waals surface area contributed by atoms with Gasteiger partial charge in [-0.15, -0.1) is 21.5 Å². The van der Waals surface area contributed by atoms with Crippen LogP contribution in [0.1, 0.15) is 22.0 Å². The van der Waals surface area contributed by atoms with Gasteiger partial charge < -0.3 is 9.15 Å². The van der Waals surface area contributed by atoms with Gasteiger partial charge in [0.1, 0.15) is 11.5 Å². The number of hydrogen-bond donors (Lipinski definition) is 0. The minimum absolute atomic E-state index is 0.534. The lowest BCUT2D eigenvalue weighted by molar-refractivity contribution is 0.415. The second-order valence-corrected chi connectivity index (χ2v) is 9.24. The molecule has 0 aliphatic rings. The van der Waals surface area contributed by atoms with Crippen molar-refractivity contribution >= 4 is 23.1 Å². The minimum atomic E-state index is 0.534. The van der Waals surface area contributed by atoms with Gasteiger partial charge in [-0.25, -0.2) is 4.98 Å². The number of hydrogen-bond acceptors (Lipinski definition) is 7. The van der Waals surface area contributed by atoms with Gasteiger partial charge in [0, 0.05) is 17.6 Å². The quantitative estimate of drug-likeness (QED) is 0.247. The average Bonchev–Trinajstić information content (AvgIpc) is 3.61. The zero-order valence-corrected chi connectivity index (χ0v) is 19.7. The minimum Gasteiger partial charge on any atom is -0.496 e. The SMILES string of the molecule is COc1ccccc1-c1nnc(SCc2csc(Cc3ccccc3)n2)n1Cc1ccco1. The Morgan fingerprint density at radius 2 is 1.85 bits per heavy atom. The number of thioether (sulfide) groups is 1. The molecule has 0 unspecified atom stereocenters. The molecule has 166 valence electrons. The van der Waals surface area contributed by atoms with E-state index in [1.54, 1.807) is 36.5 Å². The van der Waals surface area contributed by atoms with Gasteiger partial charge in [-0.2, -0.15) is 0 Å². The molecule has 0 amide bonds. The Kier molecular flexibility index (Phi) is 6.55. The van der Waals surface area contributed by atoms with Gasteiger partial charge in [0.15, 0.2) is 11.0 Å². The van der Waals surface area contributed by atoms with Crippen LogP contribution >= 0.6 is 23.1 Å². The molecule has 0 radical (unpaired) electrons. The Morgan fingerprint density at radius 1 is 1.00 bits per heavy atom. The Morgan fingerprint density at radius 3 is 2.67 bits per heavy atom. The van der Waals surface area contributed by atoms with E-state index in [0.717, 1.165) is 45.2 Å². The zero-order chi connectivity index (χ0) is 22.5. The van der Waals surface area contributed by atoms with Crippen LogP contribution in [0, 0.1) is 0 Å². The lowest BCUT2D eigenvalue weighted by atomic mass is 10.2. The summed E-state index contributed by atoms with van der Waals surface area (Å²) in [5.41, 5.74) is 3.21. The largest absolute Gasteiger partial charge is 0.496 e. The molecule has 3 heterocycles. The Labute approximate surface area is 200 Å². The molecule has 5 aromatic rings. The molecule has 0 aliphatic heterocycles. The van der Waals surface area contributed by atoms with E-state index in [4.69, 9.17) is 14.1 Å². The summed E-state index contributed by atoms with van der Waals surface area (Å²) in [5.74, 6) is 3.06. The van der Waals surface area contributed by atoms with E-state index in [0.29, 0.717) is 12.3 Å². The van der Waals surface area contributed by atoms with E-state index < -0.39 is 0 Å². The lowest BCUT2D eigenvalue weighted by Gasteiger charge is -2.11. The van der Waals surface area contributed by atoms with Crippen molar-refractivity contribution in [1.82, 2.24) is 19.7 Å². The van der Waals surface area contributed by atoms with Gasteiger partial charge in [-0.05, 0) is 29.8 Å². The number of thiazole rings is 1. The third-order valence-electron chi connectivity index (χ3n) is 5.11. The summed E-state index contributed by atoms with van der Waals surface area (Å²) in [6.07, 6.45) is 2.53. The molecular formula is C25H22N4O2S2. The van der Waals surface area contributed by atoms with E-state index in [1.165, 1.54) is 5.56 Å². The van der Waals surface area contributed by atoms with Crippen LogP contribution in [0.3, 0.4) is 0 Å². The van der Waals surface area contributed by atoms with E-state index in [2.05, 4.69) is 44.4 Å². The first-order valence-corrected chi connectivity index (χ1v) is 12.4. The van der Waals surface area contributed by atoms with Crippen LogP contribution in [0.4, 0.5) is 0 Å². The Bertz CT molecular complexity index is 1310. The molecule has 6 nitrogen and oxygen atoms in total. The Hall–Kier alpha value is -3.36. The molecule has 0 fully saturated rings. The third-order valence-corrected chi connectivity index (χ3v) is 7.00. The molecule has 5 rings (SSSR count). The molecule has 8 heteroatoms. The maximum absolute atomic E-state index is 5.60. The fourth-order valence-electron chi connectivity index (χ4n) is 3.53. The molecule has 0 spiro atoms. The summed E-state index contributed by atoms with van der Waals surface area (Å²) in [6.45, 7) is 0.534.